The van der Waals surface area contributed by atoms with Crippen LogP contribution >= 0.6 is 0 Å². The van der Waals surface area contributed by atoms with Crippen LogP contribution in [0.25, 0.3) is 0 Å². The van der Waals surface area contributed by atoms with E-state index in [-0.39, 0.29) is 6.02 Å². The molecule has 1 atom stereocenters. The van der Waals surface area contributed by atoms with Crippen molar-refractivity contribution in [2.75, 3.05) is 12.3 Å². The molecule has 0 saturated carbocycles. The summed E-state index contributed by atoms with van der Waals surface area (Å²) in [4.78, 5) is 8.73. The van der Waals surface area contributed by atoms with Crippen molar-refractivity contribution in [3.05, 3.63) is 47.8 Å². The zero-order valence-corrected chi connectivity index (χ0v) is 11.2. The van der Waals surface area contributed by atoms with E-state index in [0.29, 0.717) is 24.5 Å². The summed E-state index contributed by atoms with van der Waals surface area (Å²) in [5, 5.41) is 0. The number of nitrogen functional groups attached to an aromatic ring is 1. The number of nitrogens with zero attached hydrogens (tertiary/aromatic N) is 2. The summed E-state index contributed by atoms with van der Waals surface area (Å²) in [5.41, 5.74) is 13.7. The van der Waals surface area contributed by atoms with E-state index >= 15 is 0 Å². The van der Waals surface area contributed by atoms with Crippen LogP contribution in [0.2, 0.25) is 0 Å². The van der Waals surface area contributed by atoms with Crippen LogP contribution in [0.5, 0.6) is 11.5 Å². The highest BCUT2D eigenvalue weighted by atomic mass is 16.5. The van der Waals surface area contributed by atoms with Crippen LogP contribution in [0.15, 0.2) is 41.7 Å². The molecule has 6 heteroatoms. The van der Waals surface area contributed by atoms with Gasteiger partial charge in [-0.25, -0.2) is 4.99 Å². The van der Waals surface area contributed by atoms with E-state index in [2.05, 4.69) is 9.98 Å². The fourth-order valence-electron chi connectivity index (χ4n) is 3.00. The first-order valence-corrected chi connectivity index (χ1v) is 6.69. The van der Waals surface area contributed by atoms with Crippen LogP contribution in [-0.2, 0) is 10.3 Å². The molecule has 2 aromatic rings. The first kappa shape index (κ1) is 12.0. The molecule has 1 aromatic heterocycles. The molecule has 0 amide bonds. The number of pyridine rings is 1. The molecule has 4 N–H and O–H groups in total. The number of ether oxygens (including phenoxy) is 2. The molecule has 2 aliphatic heterocycles. The molecule has 1 spiro atoms. The largest absolute Gasteiger partial charge is 0.465 e. The molecule has 1 aromatic carbocycles. The van der Waals surface area contributed by atoms with Crippen molar-refractivity contribution in [3.8, 4) is 11.5 Å². The van der Waals surface area contributed by atoms with E-state index in [1.54, 1.807) is 18.5 Å². The summed E-state index contributed by atoms with van der Waals surface area (Å²) in [6.45, 7) is 0.491. The van der Waals surface area contributed by atoms with Gasteiger partial charge in [0, 0.05) is 29.4 Å². The number of benzene rings is 1. The lowest BCUT2D eigenvalue weighted by atomic mass is 9.78. The molecule has 0 radical (unpaired) electrons. The standard InChI is InChI=1S/C15H14N4O2/c16-9-1-2-12-11(7-9)15(4-6-20-14(17)19-15)10-3-5-18-8-13(10)21-12/h1-3,5,7-8H,4,6,16H2,(H2,17,19). The summed E-state index contributed by atoms with van der Waals surface area (Å²) < 4.78 is 11.2. The normalized spacial score (nSPS) is 22.6. The number of hydrogen-bond donors (Lipinski definition) is 2. The second-order valence-electron chi connectivity index (χ2n) is 5.14. The summed E-state index contributed by atoms with van der Waals surface area (Å²) in [7, 11) is 0. The van der Waals surface area contributed by atoms with Crippen molar-refractivity contribution in [1.29, 1.82) is 0 Å². The van der Waals surface area contributed by atoms with Gasteiger partial charge in [-0.3, -0.25) is 4.98 Å². The molecule has 0 saturated heterocycles. The molecular formula is C15H14N4O2. The number of amidine groups is 1. The molecule has 1 unspecified atom stereocenters. The van der Waals surface area contributed by atoms with Gasteiger partial charge in [0.2, 0.25) is 0 Å². The van der Waals surface area contributed by atoms with Crippen molar-refractivity contribution >= 4 is 11.7 Å². The Morgan fingerprint density at radius 3 is 2.86 bits per heavy atom. The number of fused-ring (bicyclic) bond motifs is 4. The van der Waals surface area contributed by atoms with Gasteiger partial charge in [0.15, 0.2) is 5.75 Å². The molecule has 4 rings (SSSR count). The summed E-state index contributed by atoms with van der Waals surface area (Å²) in [6.07, 6.45) is 4.09. The zero-order chi connectivity index (χ0) is 14.4. The summed E-state index contributed by atoms with van der Waals surface area (Å²) in [6, 6.07) is 7.63. The van der Waals surface area contributed by atoms with Gasteiger partial charge in [-0.15, -0.1) is 0 Å². The van der Waals surface area contributed by atoms with Gasteiger partial charge in [0.05, 0.1) is 12.8 Å². The zero-order valence-electron chi connectivity index (χ0n) is 11.2. The van der Waals surface area contributed by atoms with Crippen molar-refractivity contribution in [2.45, 2.75) is 12.0 Å². The lowest BCUT2D eigenvalue weighted by molar-refractivity contribution is 0.219. The minimum Gasteiger partial charge on any atom is -0.465 e. The van der Waals surface area contributed by atoms with Crippen molar-refractivity contribution in [3.63, 3.8) is 0 Å². The maximum Gasteiger partial charge on any atom is 0.283 e. The molecule has 0 aliphatic carbocycles. The fourth-order valence-corrected chi connectivity index (χ4v) is 3.00. The first-order chi connectivity index (χ1) is 10.2. The second kappa shape index (κ2) is 4.12. The molecule has 6 nitrogen and oxygen atoms in total. The lowest BCUT2D eigenvalue weighted by Gasteiger charge is -2.39. The Morgan fingerprint density at radius 1 is 1.10 bits per heavy atom. The first-order valence-electron chi connectivity index (χ1n) is 6.69. The summed E-state index contributed by atoms with van der Waals surface area (Å²) >= 11 is 0. The van der Waals surface area contributed by atoms with Gasteiger partial charge in [-0.1, -0.05) is 0 Å². The summed E-state index contributed by atoms with van der Waals surface area (Å²) in [5.74, 6) is 1.41. The highest BCUT2D eigenvalue weighted by molar-refractivity contribution is 5.75. The van der Waals surface area contributed by atoms with E-state index in [1.165, 1.54) is 0 Å². The van der Waals surface area contributed by atoms with E-state index < -0.39 is 5.54 Å². The van der Waals surface area contributed by atoms with Crippen LogP contribution in [-0.4, -0.2) is 17.6 Å². The number of rotatable bonds is 0. The monoisotopic (exact) mass is 282 g/mol. The number of anilines is 1. The van der Waals surface area contributed by atoms with Crippen LogP contribution < -0.4 is 16.2 Å². The molecule has 21 heavy (non-hydrogen) atoms. The average Bonchev–Trinajstić information content (AvgIpc) is 2.49. The minimum absolute atomic E-state index is 0.180. The predicted octanol–water partition coefficient (Wildman–Crippen LogP) is 1.75. The third-order valence-electron chi connectivity index (χ3n) is 3.91. The Hall–Kier alpha value is -2.76. The molecule has 2 aliphatic rings. The Morgan fingerprint density at radius 2 is 2.00 bits per heavy atom. The van der Waals surface area contributed by atoms with E-state index in [1.807, 2.05) is 18.2 Å². The van der Waals surface area contributed by atoms with Crippen molar-refractivity contribution in [2.24, 2.45) is 10.7 Å². The van der Waals surface area contributed by atoms with E-state index in [9.17, 15) is 0 Å². The minimum atomic E-state index is -0.621. The quantitative estimate of drug-likeness (QED) is 0.718. The Labute approximate surface area is 121 Å². The molecule has 106 valence electrons. The van der Waals surface area contributed by atoms with Crippen LogP contribution in [0.3, 0.4) is 0 Å². The number of hydrogen-bond acceptors (Lipinski definition) is 6. The van der Waals surface area contributed by atoms with Gasteiger partial charge in [0.1, 0.15) is 11.3 Å². The maximum absolute atomic E-state index is 5.95. The van der Waals surface area contributed by atoms with Crippen molar-refractivity contribution in [1.82, 2.24) is 4.98 Å². The van der Waals surface area contributed by atoms with E-state index in [4.69, 9.17) is 20.9 Å². The van der Waals surface area contributed by atoms with Crippen LogP contribution in [0.1, 0.15) is 17.5 Å². The molecule has 0 fully saturated rings. The van der Waals surface area contributed by atoms with Gasteiger partial charge >= 0.3 is 0 Å². The van der Waals surface area contributed by atoms with Gasteiger partial charge < -0.3 is 20.9 Å². The Balaban J connectivity index is 2.05. The topological polar surface area (TPSA) is 95.8 Å². The Bertz CT molecular complexity index is 759. The van der Waals surface area contributed by atoms with Gasteiger partial charge in [-0.2, -0.15) is 0 Å². The maximum atomic E-state index is 5.95. The highest BCUT2D eigenvalue weighted by Crippen LogP contribution is 2.51. The van der Waals surface area contributed by atoms with E-state index in [0.717, 1.165) is 16.9 Å². The lowest BCUT2D eigenvalue weighted by Crippen LogP contribution is -2.38. The average molecular weight is 282 g/mol. The second-order valence-corrected chi connectivity index (χ2v) is 5.14. The third-order valence-corrected chi connectivity index (χ3v) is 3.91. The SMILES string of the molecule is NC1=NC2(CCO1)c1ccncc1Oc1ccc(N)cc12. The van der Waals surface area contributed by atoms with Gasteiger partial charge in [-0.05, 0) is 24.3 Å². The van der Waals surface area contributed by atoms with Crippen LogP contribution in [0, 0.1) is 0 Å². The highest BCUT2D eigenvalue weighted by Gasteiger charge is 2.44. The van der Waals surface area contributed by atoms with Crippen molar-refractivity contribution < 1.29 is 9.47 Å². The van der Waals surface area contributed by atoms with Gasteiger partial charge in [0.25, 0.3) is 6.02 Å². The number of aliphatic imine (C=N–C) groups is 1. The molecule has 3 heterocycles. The molecule has 0 bridgehead atoms. The molecular weight excluding hydrogens is 268 g/mol. The predicted molar refractivity (Wildman–Crippen MR) is 78.1 cm³/mol. The third kappa shape index (κ3) is 1.65. The number of nitrogens with two attached hydrogens (primary N) is 2. The smallest absolute Gasteiger partial charge is 0.283 e. The fraction of sp³-hybridized carbons (Fsp3) is 0.200. The Kier molecular flexibility index (Phi) is 2.35. The number of aromatic nitrogens is 1. The van der Waals surface area contributed by atoms with Crippen LogP contribution in [0.4, 0.5) is 5.69 Å².